The average molecular weight is 622 g/mol. The minimum absolute atomic E-state index is 0.00439. The lowest BCUT2D eigenvalue weighted by Gasteiger charge is -2.34. The molecule has 3 rings (SSSR count). The maximum Gasteiger partial charge on any atom is 0.411 e. The molecule has 2 N–H and O–H groups in total. The van der Waals surface area contributed by atoms with Gasteiger partial charge in [-0.25, -0.2) is 32.1 Å². The number of hydrogen-bond acceptors (Lipinski definition) is 6. The summed E-state index contributed by atoms with van der Waals surface area (Å²) in [5, 5.41) is 0. The Balaban J connectivity index is 1.89. The van der Waals surface area contributed by atoms with Gasteiger partial charge in [0.15, 0.2) is 17.4 Å². The number of amidine groups is 1. The number of carbonyl (C=O) groups excluding carboxylic acids is 3. The third kappa shape index (κ3) is 9.78. The minimum Gasteiger partial charge on any atom is -0.461 e. The highest BCUT2D eigenvalue weighted by Crippen LogP contribution is 2.28. The number of ketones is 1. The number of Topliss-reactive ketones (excluding diaryl/α,β-unsaturated/α-hetero) is 1. The van der Waals surface area contributed by atoms with Crippen LogP contribution < -0.4 is 5.73 Å². The van der Waals surface area contributed by atoms with E-state index in [9.17, 15) is 23.2 Å². The summed E-state index contributed by atoms with van der Waals surface area (Å²) in [5.41, 5.74) is 3.56. The zero-order valence-electron chi connectivity index (χ0n) is 25.6. The molecule has 2 aromatic rings. The summed E-state index contributed by atoms with van der Waals surface area (Å²) in [6.45, 7) is 8.32. The van der Waals surface area contributed by atoms with E-state index >= 15 is 8.78 Å². The van der Waals surface area contributed by atoms with Crippen LogP contribution in [0.3, 0.4) is 0 Å². The van der Waals surface area contributed by atoms with Crippen LogP contribution in [0.4, 0.5) is 28.0 Å². The highest BCUT2D eigenvalue weighted by atomic mass is 19.1. The second-order valence-electron chi connectivity index (χ2n) is 12.3. The zero-order valence-corrected chi connectivity index (χ0v) is 25.6. The summed E-state index contributed by atoms with van der Waals surface area (Å²) in [6.07, 6.45) is 1.71. The maximum absolute atomic E-state index is 15.2. The fourth-order valence-electron chi connectivity index (χ4n) is 4.84. The summed E-state index contributed by atoms with van der Waals surface area (Å²) in [4.78, 5) is 43.9. The molecule has 1 fully saturated rings. The van der Waals surface area contributed by atoms with Crippen LogP contribution in [0.5, 0.6) is 0 Å². The molecule has 12 heteroatoms. The summed E-state index contributed by atoms with van der Waals surface area (Å²) in [6, 6.07) is 3.14. The van der Waals surface area contributed by atoms with E-state index < -0.39 is 76.3 Å². The topological polar surface area (TPSA) is 111 Å². The van der Waals surface area contributed by atoms with Gasteiger partial charge in [-0.3, -0.25) is 9.69 Å². The monoisotopic (exact) mass is 621 g/mol. The largest absolute Gasteiger partial charge is 0.461 e. The van der Waals surface area contributed by atoms with Crippen molar-refractivity contribution in [3.8, 4) is 0 Å². The Hall–Kier alpha value is -3.96. The number of carbonyl (C=O) groups is 3. The van der Waals surface area contributed by atoms with Crippen molar-refractivity contribution in [2.24, 2.45) is 16.6 Å². The standard InChI is InChI=1S/C32H39F4N3O5/c1-18(2)12-26(30(41)43-21-8-6-7-9-21)39(31(42)44-32(3,4)5)17-19-13-24(35)29(25(36)14-19)38-28(37)16-27(40)22-11-10-20(33)15-23(22)34/h10-11,13-15,18,21,26H,6-9,12,16-17H2,1-5H3,(H2,37,38)/t26-/m0/s1. The van der Waals surface area contributed by atoms with Gasteiger partial charge in [0.1, 0.15) is 40.9 Å². The van der Waals surface area contributed by atoms with E-state index in [2.05, 4.69) is 4.99 Å². The lowest BCUT2D eigenvalue weighted by Crippen LogP contribution is -2.48. The molecule has 1 amide bonds. The van der Waals surface area contributed by atoms with Gasteiger partial charge < -0.3 is 15.2 Å². The maximum atomic E-state index is 15.2. The quantitative estimate of drug-likeness (QED) is 0.0939. The third-order valence-corrected chi connectivity index (χ3v) is 6.81. The summed E-state index contributed by atoms with van der Waals surface area (Å²) in [5.74, 6) is -6.32. The highest BCUT2D eigenvalue weighted by molar-refractivity contribution is 6.09. The zero-order chi connectivity index (χ0) is 32.8. The molecule has 1 aliphatic carbocycles. The molecule has 0 aliphatic heterocycles. The molecule has 0 unspecified atom stereocenters. The first-order valence-corrected chi connectivity index (χ1v) is 14.5. The molecule has 0 radical (unpaired) electrons. The van der Waals surface area contributed by atoms with Gasteiger partial charge in [0, 0.05) is 6.07 Å². The van der Waals surface area contributed by atoms with E-state index in [0.717, 1.165) is 54.8 Å². The second kappa shape index (κ2) is 14.7. The number of nitrogens with two attached hydrogens (primary N) is 1. The molecule has 0 heterocycles. The number of esters is 1. The molecule has 0 spiro atoms. The lowest BCUT2D eigenvalue weighted by molar-refractivity contribution is -0.156. The van der Waals surface area contributed by atoms with E-state index in [4.69, 9.17) is 15.2 Å². The van der Waals surface area contributed by atoms with Gasteiger partial charge in [0.05, 0.1) is 18.5 Å². The second-order valence-corrected chi connectivity index (χ2v) is 12.3. The number of amides is 1. The Labute approximate surface area is 254 Å². The van der Waals surface area contributed by atoms with E-state index in [1.807, 2.05) is 13.8 Å². The van der Waals surface area contributed by atoms with Crippen molar-refractivity contribution in [2.75, 3.05) is 0 Å². The van der Waals surface area contributed by atoms with Gasteiger partial charge in [0.2, 0.25) is 0 Å². The lowest BCUT2D eigenvalue weighted by atomic mass is 10.0. The highest BCUT2D eigenvalue weighted by Gasteiger charge is 2.36. The number of rotatable bonds is 11. The fourth-order valence-corrected chi connectivity index (χ4v) is 4.84. The molecule has 1 atom stereocenters. The average Bonchev–Trinajstić information content (AvgIpc) is 3.40. The molecule has 0 bridgehead atoms. The van der Waals surface area contributed by atoms with E-state index in [-0.39, 0.29) is 30.6 Å². The molecule has 2 aromatic carbocycles. The Morgan fingerprint density at radius 3 is 2.16 bits per heavy atom. The van der Waals surface area contributed by atoms with Crippen LogP contribution in [0, 0.1) is 29.2 Å². The SMILES string of the molecule is CC(C)C[C@@H](C(=O)OC1CCCC1)N(Cc1cc(F)c(N=C(N)CC(=O)c2ccc(F)cc2F)c(F)c1)C(=O)OC(C)(C)C. The van der Waals surface area contributed by atoms with Crippen molar-refractivity contribution in [1.29, 1.82) is 0 Å². The Bertz CT molecular complexity index is 1380. The summed E-state index contributed by atoms with van der Waals surface area (Å²) in [7, 11) is 0. The van der Waals surface area contributed by atoms with Gasteiger partial charge in [-0.05, 0) is 88.6 Å². The first-order chi connectivity index (χ1) is 20.5. The van der Waals surface area contributed by atoms with Crippen molar-refractivity contribution in [3.05, 3.63) is 64.7 Å². The molecule has 8 nitrogen and oxygen atoms in total. The van der Waals surface area contributed by atoms with Gasteiger partial charge in [-0.15, -0.1) is 0 Å². The first-order valence-electron chi connectivity index (χ1n) is 14.5. The number of benzene rings is 2. The molecule has 0 saturated heterocycles. The predicted octanol–water partition coefficient (Wildman–Crippen LogP) is 7.14. The first kappa shape index (κ1) is 34.5. The predicted molar refractivity (Wildman–Crippen MR) is 156 cm³/mol. The van der Waals surface area contributed by atoms with Crippen molar-refractivity contribution in [2.45, 2.75) is 97.4 Å². The van der Waals surface area contributed by atoms with Crippen molar-refractivity contribution in [1.82, 2.24) is 4.90 Å². The normalized spacial score (nSPS) is 14.9. The van der Waals surface area contributed by atoms with E-state index in [1.165, 1.54) is 0 Å². The van der Waals surface area contributed by atoms with Crippen molar-refractivity contribution >= 4 is 29.4 Å². The van der Waals surface area contributed by atoms with Crippen LogP contribution in [-0.4, -0.2) is 46.3 Å². The van der Waals surface area contributed by atoms with Crippen LogP contribution >= 0.6 is 0 Å². The van der Waals surface area contributed by atoms with Gasteiger partial charge in [-0.1, -0.05) is 13.8 Å². The number of nitrogens with zero attached hydrogens (tertiary/aromatic N) is 2. The smallest absolute Gasteiger partial charge is 0.411 e. The molecule has 1 saturated carbocycles. The Morgan fingerprint density at radius 2 is 1.61 bits per heavy atom. The Kier molecular flexibility index (Phi) is 11.5. The van der Waals surface area contributed by atoms with Crippen molar-refractivity contribution < 1.29 is 41.4 Å². The van der Waals surface area contributed by atoms with E-state index in [1.54, 1.807) is 20.8 Å². The fraction of sp³-hybridized carbons (Fsp3) is 0.500. The summed E-state index contributed by atoms with van der Waals surface area (Å²) >= 11 is 0. The summed E-state index contributed by atoms with van der Waals surface area (Å²) < 4.78 is 68.8. The number of halogens is 4. The van der Waals surface area contributed by atoms with E-state index in [0.29, 0.717) is 6.07 Å². The Morgan fingerprint density at radius 1 is 1.00 bits per heavy atom. The van der Waals surface area contributed by atoms with Crippen molar-refractivity contribution in [3.63, 3.8) is 0 Å². The number of hydrogen-bond donors (Lipinski definition) is 1. The van der Waals surface area contributed by atoms with Crippen LogP contribution in [0.2, 0.25) is 0 Å². The van der Waals surface area contributed by atoms with Gasteiger partial charge in [0.25, 0.3) is 0 Å². The van der Waals surface area contributed by atoms with Crippen LogP contribution in [0.15, 0.2) is 35.3 Å². The molecular weight excluding hydrogens is 582 g/mol. The molecule has 0 aromatic heterocycles. The van der Waals surface area contributed by atoms with Crippen LogP contribution in [0.25, 0.3) is 0 Å². The molecular formula is C32H39F4N3O5. The molecule has 44 heavy (non-hydrogen) atoms. The molecule has 240 valence electrons. The molecule has 1 aliphatic rings. The number of ether oxygens (including phenoxy) is 2. The number of aliphatic imine (C=N–C) groups is 1. The van der Waals surface area contributed by atoms with Crippen LogP contribution in [0.1, 0.15) is 89.1 Å². The van der Waals surface area contributed by atoms with Gasteiger partial charge >= 0.3 is 12.1 Å². The van der Waals surface area contributed by atoms with Gasteiger partial charge in [-0.2, -0.15) is 0 Å². The van der Waals surface area contributed by atoms with Crippen LogP contribution in [-0.2, 0) is 20.8 Å². The third-order valence-electron chi connectivity index (χ3n) is 6.81. The minimum atomic E-state index is -1.15.